The lowest BCUT2D eigenvalue weighted by Crippen LogP contribution is -2.65. The molecule has 0 aromatic carbocycles. The van der Waals surface area contributed by atoms with E-state index in [4.69, 9.17) is 17.6 Å². The molecule has 116 valence electrons. The minimum absolute atomic E-state index is 0.299. The van der Waals surface area contributed by atoms with E-state index in [9.17, 15) is 5.11 Å². The minimum Gasteiger partial charge on any atom is -0.366 e. The number of thiocarbonyl (C=S) groups is 1. The summed E-state index contributed by atoms with van der Waals surface area (Å²) < 4.78 is 1.93. The summed E-state index contributed by atoms with van der Waals surface area (Å²) in [5, 5.41) is 21.6. The number of pyridine rings is 2. The normalized spacial score (nSPS) is 27.2. The van der Waals surface area contributed by atoms with Crippen molar-refractivity contribution < 1.29 is 9.67 Å². The van der Waals surface area contributed by atoms with Crippen LogP contribution in [0.4, 0.5) is 0 Å². The summed E-state index contributed by atoms with van der Waals surface area (Å²) in [4.78, 5) is 4.40. The highest BCUT2D eigenvalue weighted by molar-refractivity contribution is 7.80. The largest absolute Gasteiger partial charge is 0.366 e. The molecule has 1 unspecified atom stereocenters. The molecular formula is C17H17N4OS+. The smallest absolute Gasteiger partial charge is 0.216 e. The van der Waals surface area contributed by atoms with Gasteiger partial charge in [-0.3, -0.25) is 10.4 Å². The SMILES string of the molecule is C[C@]1(O)NC(=S)C(=C=N)[C@H](c2ccncc2)C1[n+]1ccccc1. The predicted molar refractivity (Wildman–Crippen MR) is 90.2 cm³/mol. The Hall–Kier alpha value is -2.40. The lowest BCUT2D eigenvalue weighted by Gasteiger charge is -2.40. The average Bonchev–Trinajstić information content (AvgIpc) is 2.55. The molecule has 3 atom stereocenters. The topological polar surface area (TPSA) is 72.9 Å². The molecule has 3 N–H and O–H groups in total. The Bertz CT molecular complexity index is 770. The standard InChI is InChI=1S/C17H16N4OS/c1-17(22)15(21-9-3-2-4-10-21)14(12-5-7-19-8-6-12)13(11-18)16(23)20-17/h2-10,14-15,18,22H,1H3/p+1/t14-,15?,17+/m0/s1. The Morgan fingerprint density at radius 3 is 2.57 bits per heavy atom. The molecular weight excluding hydrogens is 308 g/mol. The van der Waals surface area contributed by atoms with Crippen LogP contribution in [0.2, 0.25) is 0 Å². The molecule has 0 bridgehead atoms. The molecule has 3 rings (SSSR count). The van der Waals surface area contributed by atoms with E-state index >= 15 is 0 Å². The third-order valence-corrected chi connectivity index (χ3v) is 4.40. The third kappa shape index (κ3) is 2.80. The first-order valence-electron chi connectivity index (χ1n) is 7.25. The van der Waals surface area contributed by atoms with Crippen molar-refractivity contribution in [1.82, 2.24) is 10.3 Å². The Balaban J connectivity index is 2.22. The second-order valence-corrected chi connectivity index (χ2v) is 6.07. The minimum atomic E-state index is -1.27. The third-order valence-electron chi connectivity index (χ3n) is 4.07. The zero-order valence-electron chi connectivity index (χ0n) is 12.6. The molecule has 0 radical (unpaired) electrons. The van der Waals surface area contributed by atoms with E-state index in [1.807, 2.05) is 47.3 Å². The molecule has 5 nitrogen and oxygen atoms in total. The summed E-state index contributed by atoms with van der Waals surface area (Å²) in [6.45, 7) is 1.69. The van der Waals surface area contributed by atoms with Crippen molar-refractivity contribution in [1.29, 1.82) is 5.41 Å². The van der Waals surface area contributed by atoms with Crippen molar-refractivity contribution in [3.8, 4) is 0 Å². The number of hydrogen-bond donors (Lipinski definition) is 3. The van der Waals surface area contributed by atoms with E-state index in [2.05, 4.69) is 16.2 Å². The number of nitrogens with zero attached hydrogens (tertiary/aromatic N) is 2. The summed E-state index contributed by atoms with van der Waals surface area (Å²) in [6, 6.07) is 9.10. The fourth-order valence-electron chi connectivity index (χ4n) is 3.11. The molecule has 1 fully saturated rings. The first-order valence-corrected chi connectivity index (χ1v) is 7.65. The molecule has 1 aliphatic rings. The fourth-order valence-corrected chi connectivity index (χ4v) is 3.49. The monoisotopic (exact) mass is 325 g/mol. The average molecular weight is 325 g/mol. The van der Waals surface area contributed by atoms with Gasteiger partial charge in [0, 0.05) is 24.5 Å². The van der Waals surface area contributed by atoms with Gasteiger partial charge in [0.2, 0.25) is 6.04 Å². The molecule has 1 saturated heterocycles. The van der Waals surface area contributed by atoms with Gasteiger partial charge >= 0.3 is 0 Å². The molecule has 1 aliphatic heterocycles. The molecule has 23 heavy (non-hydrogen) atoms. The highest BCUT2D eigenvalue weighted by atomic mass is 32.1. The van der Waals surface area contributed by atoms with Crippen LogP contribution in [-0.4, -0.2) is 26.7 Å². The second-order valence-electron chi connectivity index (χ2n) is 5.67. The Morgan fingerprint density at radius 1 is 1.30 bits per heavy atom. The van der Waals surface area contributed by atoms with Crippen molar-refractivity contribution in [2.45, 2.75) is 24.6 Å². The fraction of sp³-hybridized carbons (Fsp3) is 0.235. The Morgan fingerprint density at radius 2 is 1.96 bits per heavy atom. The van der Waals surface area contributed by atoms with E-state index in [1.165, 1.54) is 0 Å². The van der Waals surface area contributed by atoms with Crippen molar-refractivity contribution >= 4 is 23.1 Å². The number of aromatic nitrogens is 2. The van der Waals surface area contributed by atoms with E-state index < -0.39 is 5.72 Å². The summed E-state index contributed by atoms with van der Waals surface area (Å²) >= 11 is 5.34. The van der Waals surface area contributed by atoms with Gasteiger partial charge < -0.3 is 10.4 Å². The summed E-state index contributed by atoms with van der Waals surface area (Å²) in [6.07, 6.45) is 7.18. The van der Waals surface area contributed by atoms with Gasteiger partial charge in [-0.2, -0.15) is 4.57 Å². The number of hydrogen-bond acceptors (Lipinski definition) is 4. The Labute approximate surface area is 139 Å². The van der Waals surface area contributed by atoms with Crippen LogP contribution in [0.15, 0.2) is 60.7 Å². The van der Waals surface area contributed by atoms with Crippen LogP contribution >= 0.6 is 12.2 Å². The van der Waals surface area contributed by atoms with Crippen LogP contribution in [0.3, 0.4) is 0 Å². The van der Waals surface area contributed by atoms with E-state index in [0.29, 0.717) is 10.6 Å². The van der Waals surface area contributed by atoms with Crippen LogP contribution in [0.25, 0.3) is 0 Å². The summed E-state index contributed by atoms with van der Waals surface area (Å²) in [5.74, 6) is 2.16. The van der Waals surface area contributed by atoms with E-state index in [1.54, 1.807) is 19.3 Å². The molecule has 6 heteroatoms. The lowest BCUT2D eigenvalue weighted by atomic mass is 9.77. The van der Waals surface area contributed by atoms with Crippen molar-refractivity contribution in [3.63, 3.8) is 0 Å². The van der Waals surface area contributed by atoms with Gasteiger partial charge in [0.15, 0.2) is 18.1 Å². The molecule has 3 heterocycles. The first-order chi connectivity index (χ1) is 11.0. The van der Waals surface area contributed by atoms with Gasteiger partial charge in [-0.15, -0.1) is 0 Å². The van der Waals surface area contributed by atoms with Gasteiger partial charge in [-0.1, -0.05) is 18.3 Å². The van der Waals surface area contributed by atoms with Gasteiger partial charge in [0.1, 0.15) is 4.99 Å². The number of nitrogens with one attached hydrogen (secondary N) is 2. The van der Waals surface area contributed by atoms with E-state index in [-0.39, 0.29) is 12.0 Å². The zero-order valence-corrected chi connectivity index (χ0v) is 13.4. The molecule has 0 aliphatic carbocycles. The Kier molecular flexibility index (Phi) is 4.05. The molecule has 0 spiro atoms. The van der Waals surface area contributed by atoms with Gasteiger partial charge in [-0.25, -0.2) is 0 Å². The van der Waals surface area contributed by atoms with Crippen molar-refractivity contribution in [3.05, 3.63) is 66.3 Å². The van der Waals surface area contributed by atoms with Gasteiger partial charge in [0.25, 0.3) is 0 Å². The maximum absolute atomic E-state index is 11.0. The quantitative estimate of drug-likeness (QED) is 0.339. The second kappa shape index (κ2) is 6.01. The van der Waals surface area contributed by atoms with Crippen molar-refractivity contribution in [2.75, 3.05) is 0 Å². The molecule has 0 saturated carbocycles. The van der Waals surface area contributed by atoms with Gasteiger partial charge in [-0.05, 0) is 30.5 Å². The van der Waals surface area contributed by atoms with Crippen LogP contribution in [0, 0.1) is 5.41 Å². The highest BCUT2D eigenvalue weighted by Crippen LogP contribution is 2.40. The van der Waals surface area contributed by atoms with Crippen LogP contribution in [-0.2, 0) is 0 Å². The van der Waals surface area contributed by atoms with Crippen molar-refractivity contribution in [2.24, 2.45) is 0 Å². The zero-order chi connectivity index (χ0) is 16.4. The highest BCUT2D eigenvalue weighted by Gasteiger charge is 2.52. The first kappa shape index (κ1) is 15.5. The predicted octanol–water partition coefficient (Wildman–Crippen LogP) is 1.51. The lowest BCUT2D eigenvalue weighted by molar-refractivity contribution is -0.740. The molecule has 2 aromatic rings. The maximum Gasteiger partial charge on any atom is 0.216 e. The van der Waals surface area contributed by atoms with E-state index in [0.717, 1.165) is 5.56 Å². The number of rotatable bonds is 2. The van der Waals surface area contributed by atoms with Crippen LogP contribution in [0.1, 0.15) is 24.4 Å². The van der Waals surface area contributed by atoms with Gasteiger partial charge in [0.05, 0.1) is 11.5 Å². The van der Waals surface area contributed by atoms with Crippen LogP contribution in [0.5, 0.6) is 0 Å². The maximum atomic E-state index is 11.0. The number of piperidine rings is 1. The molecule has 0 amide bonds. The number of aliphatic hydroxyl groups is 1. The van der Waals surface area contributed by atoms with Crippen LogP contribution < -0.4 is 9.88 Å². The summed E-state index contributed by atoms with van der Waals surface area (Å²) in [5.41, 5.74) is 0.219. The molecule has 2 aromatic heterocycles. The summed E-state index contributed by atoms with van der Waals surface area (Å²) in [7, 11) is 0.